The highest BCUT2D eigenvalue weighted by molar-refractivity contribution is 5.79. The zero-order chi connectivity index (χ0) is 19.3. The molecule has 1 aliphatic heterocycles. The zero-order valence-electron chi connectivity index (χ0n) is 16.0. The molecule has 2 heterocycles. The number of carbonyl (C=O) groups is 1. The van der Waals surface area contributed by atoms with Crippen molar-refractivity contribution in [2.75, 3.05) is 13.1 Å². The van der Waals surface area contributed by atoms with Gasteiger partial charge in [0.1, 0.15) is 6.10 Å². The number of pyridine rings is 1. The Bertz CT molecular complexity index is 921. The van der Waals surface area contributed by atoms with Crippen molar-refractivity contribution in [2.45, 2.75) is 25.9 Å². The molecule has 4 nitrogen and oxygen atoms in total. The number of benzene rings is 2. The fourth-order valence-corrected chi connectivity index (χ4v) is 3.48. The summed E-state index contributed by atoms with van der Waals surface area (Å²) in [5, 5.41) is 0. The first-order valence-electron chi connectivity index (χ1n) is 9.69. The first-order chi connectivity index (χ1) is 13.7. The SMILES string of the molecule is Cc1ccc(OC2CCN(C(=O)Cc3ccc(-c4ccccc4)cc3)C2)nc1. The maximum Gasteiger partial charge on any atom is 0.227 e. The van der Waals surface area contributed by atoms with Gasteiger partial charge in [0.2, 0.25) is 11.8 Å². The second-order valence-corrected chi connectivity index (χ2v) is 7.28. The monoisotopic (exact) mass is 372 g/mol. The van der Waals surface area contributed by atoms with E-state index in [2.05, 4.69) is 29.2 Å². The molecule has 142 valence electrons. The Morgan fingerprint density at radius 1 is 1.04 bits per heavy atom. The molecule has 0 spiro atoms. The molecule has 1 amide bonds. The van der Waals surface area contributed by atoms with E-state index in [1.165, 1.54) is 5.56 Å². The fraction of sp³-hybridized carbons (Fsp3) is 0.250. The molecule has 0 radical (unpaired) electrons. The number of aryl methyl sites for hydroxylation is 1. The highest BCUT2D eigenvalue weighted by Crippen LogP contribution is 2.21. The first-order valence-corrected chi connectivity index (χ1v) is 9.69. The van der Waals surface area contributed by atoms with Crippen molar-refractivity contribution in [1.29, 1.82) is 0 Å². The summed E-state index contributed by atoms with van der Waals surface area (Å²) < 4.78 is 5.92. The standard InChI is InChI=1S/C24H24N2O2/c1-18-7-12-23(25-16-18)28-22-13-14-26(17-22)24(27)15-19-8-10-21(11-9-19)20-5-3-2-4-6-20/h2-12,16,22H,13-15,17H2,1H3. The Kier molecular flexibility index (Phi) is 5.38. The van der Waals surface area contributed by atoms with Crippen molar-refractivity contribution in [2.24, 2.45) is 0 Å². The number of likely N-dealkylation sites (tertiary alicyclic amines) is 1. The van der Waals surface area contributed by atoms with E-state index in [4.69, 9.17) is 4.74 Å². The lowest BCUT2D eigenvalue weighted by molar-refractivity contribution is -0.129. The van der Waals surface area contributed by atoms with Crippen molar-refractivity contribution >= 4 is 5.91 Å². The molecule has 4 heteroatoms. The predicted octanol–water partition coefficient (Wildman–Crippen LogP) is 4.28. The summed E-state index contributed by atoms with van der Waals surface area (Å²) >= 11 is 0. The van der Waals surface area contributed by atoms with Gasteiger partial charge in [0.05, 0.1) is 13.0 Å². The van der Waals surface area contributed by atoms with Crippen LogP contribution in [-0.2, 0) is 11.2 Å². The first kappa shape index (κ1) is 18.2. The molecule has 1 atom stereocenters. The Morgan fingerprint density at radius 3 is 2.50 bits per heavy atom. The Hall–Kier alpha value is -3.14. The molecule has 1 aliphatic rings. The van der Waals surface area contributed by atoms with Gasteiger partial charge in [0.25, 0.3) is 0 Å². The molecule has 1 unspecified atom stereocenters. The smallest absolute Gasteiger partial charge is 0.227 e. The lowest BCUT2D eigenvalue weighted by atomic mass is 10.0. The molecule has 1 saturated heterocycles. The summed E-state index contributed by atoms with van der Waals surface area (Å²) in [6.45, 7) is 3.35. The van der Waals surface area contributed by atoms with Crippen LogP contribution in [0.4, 0.5) is 0 Å². The largest absolute Gasteiger partial charge is 0.472 e. The topological polar surface area (TPSA) is 42.4 Å². The lowest BCUT2D eigenvalue weighted by Gasteiger charge is -2.17. The van der Waals surface area contributed by atoms with Gasteiger partial charge >= 0.3 is 0 Å². The fourth-order valence-electron chi connectivity index (χ4n) is 3.48. The second-order valence-electron chi connectivity index (χ2n) is 7.28. The molecule has 4 rings (SSSR count). The normalized spacial score (nSPS) is 16.2. The number of hydrogen-bond acceptors (Lipinski definition) is 3. The van der Waals surface area contributed by atoms with Crippen molar-refractivity contribution in [3.05, 3.63) is 84.1 Å². The summed E-state index contributed by atoms with van der Waals surface area (Å²) in [5.74, 6) is 0.775. The Labute approximate surface area is 165 Å². The predicted molar refractivity (Wildman–Crippen MR) is 110 cm³/mol. The van der Waals surface area contributed by atoms with E-state index in [1.807, 2.05) is 54.3 Å². The van der Waals surface area contributed by atoms with Crippen molar-refractivity contribution in [3.8, 4) is 17.0 Å². The Morgan fingerprint density at radius 2 is 1.79 bits per heavy atom. The van der Waals surface area contributed by atoms with E-state index >= 15 is 0 Å². The average molecular weight is 372 g/mol. The third kappa shape index (κ3) is 4.39. The summed E-state index contributed by atoms with van der Waals surface area (Å²) in [6.07, 6.45) is 3.07. The maximum absolute atomic E-state index is 12.7. The molecule has 3 aromatic rings. The zero-order valence-corrected chi connectivity index (χ0v) is 16.0. The number of hydrogen-bond donors (Lipinski definition) is 0. The van der Waals surface area contributed by atoms with Crippen LogP contribution >= 0.6 is 0 Å². The molecule has 0 N–H and O–H groups in total. The minimum absolute atomic E-state index is 0.0135. The van der Waals surface area contributed by atoms with E-state index in [0.717, 1.165) is 29.7 Å². The molecule has 1 aromatic heterocycles. The summed E-state index contributed by atoms with van der Waals surface area (Å²) in [7, 11) is 0. The molecule has 0 bridgehead atoms. The van der Waals surface area contributed by atoms with Crippen LogP contribution in [0.15, 0.2) is 72.9 Å². The second kappa shape index (κ2) is 8.26. The van der Waals surface area contributed by atoms with E-state index in [1.54, 1.807) is 6.20 Å². The van der Waals surface area contributed by atoms with Crippen LogP contribution in [0.1, 0.15) is 17.5 Å². The number of rotatable bonds is 5. The van der Waals surface area contributed by atoms with Crippen LogP contribution in [-0.4, -0.2) is 35.0 Å². The van der Waals surface area contributed by atoms with Gasteiger partial charge in [-0.1, -0.05) is 60.7 Å². The molecule has 2 aromatic carbocycles. The molecular formula is C24H24N2O2. The number of aromatic nitrogens is 1. The highest BCUT2D eigenvalue weighted by atomic mass is 16.5. The van der Waals surface area contributed by atoms with Crippen molar-refractivity contribution < 1.29 is 9.53 Å². The van der Waals surface area contributed by atoms with E-state index < -0.39 is 0 Å². The van der Waals surface area contributed by atoms with E-state index in [-0.39, 0.29) is 12.0 Å². The van der Waals surface area contributed by atoms with Crippen LogP contribution in [0.25, 0.3) is 11.1 Å². The number of nitrogens with zero attached hydrogens (tertiary/aromatic N) is 2. The van der Waals surface area contributed by atoms with Crippen LogP contribution in [0.5, 0.6) is 5.88 Å². The van der Waals surface area contributed by atoms with Gasteiger partial charge in [-0.15, -0.1) is 0 Å². The van der Waals surface area contributed by atoms with Gasteiger partial charge in [0.15, 0.2) is 0 Å². The molecule has 1 fully saturated rings. The van der Waals surface area contributed by atoms with Crippen LogP contribution < -0.4 is 4.74 Å². The average Bonchev–Trinajstić information content (AvgIpc) is 3.20. The minimum Gasteiger partial charge on any atom is -0.472 e. The quantitative estimate of drug-likeness (QED) is 0.671. The maximum atomic E-state index is 12.7. The van der Waals surface area contributed by atoms with Crippen LogP contribution in [0.3, 0.4) is 0 Å². The number of amides is 1. The van der Waals surface area contributed by atoms with Crippen molar-refractivity contribution in [3.63, 3.8) is 0 Å². The number of ether oxygens (including phenoxy) is 1. The third-order valence-electron chi connectivity index (χ3n) is 5.09. The van der Waals surface area contributed by atoms with Crippen LogP contribution in [0, 0.1) is 6.92 Å². The highest BCUT2D eigenvalue weighted by Gasteiger charge is 2.27. The van der Waals surface area contributed by atoms with Gasteiger partial charge in [-0.2, -0.15) is 0 Å². The van der Waals surface area contributed by atoms with Gasteiger partial charge in [0, 0.05) is 25.2 Å². The van der Waals surface area contributed by atoms with Gasteiger partial charge in [-0.25, -0.2) is 4.98 Å². The third-order valence-corrected chi connectivity index (χ3v) is 5.09. The molecule has 0 aliphatic carbocycles. The van der Waals surface area contributed by atoms with Crippen LogP contribution in [0.2, 0.25) is 0 Å². The number of carbonyl (C=O) groups excluding carboxylic acids is 1. The summed E-state index contributed by atoms with van der Waals surface area (Å²) in [6, 6.07) is 22.4. The lowest BCUT2D eigenvalue weighted by Crippen LogP contribution is -2.32. The van der Waals surface area contributed by atoms with Gasteiger partial charge in [-0.05, 0) is 29.2 Å². The molecular weight excluding hydrogens is 348 g/mol. The minimum atomic E-state index is 0.0135. The Balaban J connectivity index is 1.32. The molecule has 0 saturated carbocycles. The summed E-state index contributed by atoms with van der Waals surface area (Å²) in [4.78, 5) is 18.8. The molecule has 28 heavy (non-hydrogen) atoms. The van der Waals surface area contributed by atoms with Crippen molar-refractivity contribution in [1.82, 2.24) is 9.88 Å². The van der Waals surface area contributed by atoms with E-state index in [0.29, 0.717) is 18.8 Å². The van der Waals surface area contributed by atoms with E-state index in [9.17, 15) is 4.79 Å². The summed E-state index contributed by atoms with van der Waals surface area (Å²) in [5.41, 5.74) is 4.49. The van der Waals surface area contributed by atoms with Gasteiger partial charge < -0.3 is 9.64 Å². The van der Waals surface area contributed by atoms with Gasteiger partial charge in [-0.3, -0.25) is 4.79 Å².